The standard InChI is InChI=1S/C10H13N3O/c1-6-13(11-5)10(4)12-7-8(2)9(3)14/h6-7H,1-2,4-5H2,3H3/b12-7-. The molecule has 0 bridgehead atoms. The first-order valence-electron chi connectivity index (χ1n) is 3.84. The minimum absolute atomic E-state index is 0.140. The van der Waals surface area contributed by atoms with Crippen molar-refractivity contribution in [2.75, 3.05) is 0 Å². The lowest BCUT2D eigenvalue weighted by atomic mass is 10.2. The van der Waals surface area contributed by atoms with Crippen molar-refractivity contribution in [3.8, 4) is 0 Å². The molecule has 0 amide bonds. The quantitative estimate of drug-likeness (QED) is 0.364. The summed E-state index contributed by atoms with van der Waals surface area (Å²) in [5, 5.41) is 4.85. The monoisotopic (exact) mass is 191 g/mol. The molecule has 0 saturated carbocycles. The molecule has 14 heavy (non-hydrogen) atoms. The molecule has 0 aromatic rings. The van der Waals surface area contributed by atoms with E-state index in [0.717, 1.165) is 0 Å². The van der Waals surface area contributed by atoms with E-state index in [1.54, 1.807) is 0 Å². The molecule has 0 rings (SSSR count). The van der Waals surface area contributed by atoms with Gasteiger partial charge >= 0.3 is 0 Å². The van der Waals surface area contributed by atoms with Crippen molar-refractivity contribution in [1.82, 2.24) is 5.01 Å². The van der Waals surface area contributed by atoms with Crippen molar-refractivity contribution in [3.63, 3.8) is 0 Å². The lowest BCUT2D eigenvalue weighted by molar-refractivity contribution is -0.113. The SMILES string of the molecule is C=CN(N=C)C(=C)/N=C\C(=C)C(C)=O. The second kappa shape index (κ2) is 5.64. The minimum Gasteiger partial charge on any atom is -0.294 e. The van der Waals surface area contributed by atoms with Gasteiger partial charge < -0.3 is 0 Å². The van der Waals surface area contributed by atoms with E-state index in [4.69, 9.17) is 0 Å². The number of hydrogen-bond acceptors (Lipinski definition) is 4. The number of rotatable bonds is 6. The van der Waals surface area contributed by atoms with Crippen LogP contribution >= 0.6 is 0 Å². The number of ketones is 1. The lowest BCUT2D eigenvalue weighted by Gasteiger charge is -2.10. The average Bonchev–Trinajstić information content (AvgIpc) is 2.15. The van der Waals surface area contributed by atoms with Crippen molar-refractivity contribution in [2.45, 2.75) is 6.92 Å². The molecule has 0 N–H and O–H groups in total. The number of allylic oxidation sites excluding steroid dienone is 1. The smallest absolute Gasteiger partial charge is 0.160 e. The van der Waals surface area contributed by atoms with Gasteiger partial charge in [0.2, 0.25) is 0 Å². The largest absolute Gasteiger partial charge is 0.294 e. The van der Waals surface area contributed by atoms with Gasteiger partial charge in [-0.1, -0.05) is 19.7 Å². The Morgan fingerprint density at radius 1 is 1.43 bits per heavy atom. The van der Waals surface area contributed by atoms with Crippen LogP contribution in [0.15, 0.2) is 47.4 Å². The molecule has 0 saturated heterocycles. The number of carbonyl (C=O) groups is 1. The third-order valence-electron chi connectivity index (χ3n) is 1.41. The molecule has 4 nitrogen and oxygen atoms in total. The summed E-state index contributed by atoms with van der Waals surface area (Å²) in [4.78, 5) is 14.6. The fourth-order valence-corrected chi connectivity index (χ4v) is 0.547. The van der Waals surface area contributed by atoms with E-state index in [1.807, 2.05) is 0 Å². The number of hydrazone groups is 1. The van der Waals surface area contributed by atoms with Gasteiger partial charge in [0, 0.05) is 24.7 Å². The lowest BCUT2D eigenvalue weighted by Crippen LogP contribution is -2.06. The Balaban J connectivity index is 4.45. The molecule has 0 spiro atoms. The van der Waals surface area contributed by atoms with E-state index in [2.05, 4.69) is 36.5 Å². The van der Waals surface area contributed by atoms with E-state index >= 15 is 0 Å². The molecule has 0 aliphatic rings. The summed E-state index contributed by atoms with van der Waals surface area (Å²) in [5.41, 5.74) is 0.305. The Hall–Kier alpha value is -1.97. The van der Waals surface area contributed by atoms with Gasteiger partial charge in [-0.2, -0.15) is 5.10 Å². The van der Waals surface area contributed by atoms with Gasteiger partial charge in [0.15, 0.2) is 5.78 Å². The summed E-state index contributed by atoms with van der Waals surface area (Å²) < 4.78 is 0. The van der Waals surface area contributed by atoms with E-state index in [9.17, 15) is 4.79 Å². The Morgan fingerprint density at radius 2 is 2.00 bits per heavy atom. The maximum Gasteiger partial charge on any atom is 0.160 e. The average molecular weight is 191 g/mol. The molecular weight excluding hydrogens is 178 g/mol. The Labute approximate surface area is 83.6 Å². The van der Waals surface area contributed by atoms with Gasteiger partial charge in [-0.3, -0.25) is 4.79 Å². The first-order valence-corrected chi connectivity index (χ1v) is 3.84. The minimum atomic E-state index is -0.140. The van der Waals surface area contributed by atoms with Crippen molar-refractivity contribution >= 4 is 18.7 Å². The van der Waals surface area contributed by atoms with Gasteiger partial charge in [-0.05, 0) is 6.92 Å². The van der Waals surface area contributed by atoms with Crippen LogP contribution in [0.25, 0.3) is 0 Å². The number of nitrogens with zero attached hydrogens (tertiary/aromatic N) is 3. The summed E-state index contributed by atoms with van der Waals surface area (Å²) in [5.74, 6) is 0.177. The summed E-state index contributed by atoms with van der Waals surface area (Å²) >= 11 is 0. The van der Waals surface area contributed by atoms with Crippen molar-refractivity contribution in [2.24, 2.45) is 10.1 Å². The van der Waals surface area contributed by atoms with Crippen LogP contribution in [0, 0.1) is 0 Å². The van der Waals surface area contributed by atoms with Gasteiger partial charge in [-0.25, -0.2) is 10.0 Å². The fourth-order valence-electron chi connectivity index (χ4n) is 0.547. The molecule has 0 heterocycles. The zero-order chi connectivity index (χ0) is 11.1. The summed E-state index contributed by atoms with van der Waals surface area (Å²) in [6.45, 7) is 15.3. The first kappa shape index (κ1) is 12.0. The van der Waals surface area contributed by atoms with Gasteiger partial charge in [0.25, 0.3) is 0 Å². The van der Waals surface area contributed by atoms with Crippen molar-refractivity contribution in [3.05, 3.63) is 37.3 Å². The molecular formula is C10H13N3O. The highest BCUT2D eigenvalue weighted by Crippen LogP contribution is 2.03. The van der Waals surface area contributed by atoms with Crippen LogP contribution in [0.1, 0.15) is 6.92 Å². The topological polar surface area (TPSA) is 45.0 Å². The van der Waals surface area contributed by atoms with E-state index in [-0.39, 0.29) is 5.78 Å². The van der Waals surface area contributed by atoms with E-state index in [0.29, 0.717) is 11.4 Å². The Morgan fingerprint density at radius 3 is 2.36 bits per heavy atom. The maximum absolute atomic E-state index is 10.8. The molecule has 0 aromatic carbocycles. The zero-order valence-corrected chi connectivity index (χ0v) is 8.23. The highest BCUT2D eigenvalue weighted by molar-refractivity contribution is 6.11. The van der Waals surface area contributed by atoms with Gasteiger partial charge in [0.05, 0.1) is 0 Å². The molecule has 0 fully saturated rings. The molecule has 4 heteroatoms. The normalized spacial score (nSPS) is 9.50. The second-order valence-electron chi connectivity index (χ2n) is 2.42. The van der Waals surface area contributed by atoms with Gasteiger partial charge in [0.1, 0.15) is 5.82 Å². The second-order valence-corrected chi connectivity index (χ2v) is 2.42. The Bertz CT molecular complexity index is 307. The van der Waals surface area contributed by atoms with Crippen LogP contribution in [-0.4, -0.2) is 23.7 Å². The number of aliphatic imine (C=N–C) groups is 1. The summed E-state index contributed by atoms with van der Waals surface area (Å²) in [7, 11) is 0. The highest BCUT2D eigenvalue weighted by Gasteiger charge is 1.99. The van der Waals surface area contributed by atoms with Crippen LogP contribution < -0.4 is 0 Å². The maximum atomic E-state index is 10.8. The third-order valence-corrected chi connectivity index (χ3v) is 1.41. The fraction of sp³-hybridized carbons (Fsp3) is 0.100. The Kier molecular flexibility index (Phi) is 4.84. The van der Waals surface area contributed by atoms with Crippen LogP contribution in [0.2, 0.25) is 0 Å². The molecule has 0 atom stereocenters. The molecule has 0 aliphatic heterocycles. The van der Waals surface area contributed by atoms with Crippen molar-refractivity contribution < 1.29 is 4.79 Å². The van der Waals surface area contributed by atoms with E-state index in [1.165, 1.54) is 24.3 Å². The highest BCUT2D eigenvalue weighted by atomic mass is 16.1. The molecule has 0 aliphatic carbocycles. The molecule has 0 aromatic heterocycles. The van der Waals surface area contributed by atoms with Gasteiger partial charge in [-0.15, -0.1) is 0 Å². The van der Waals surface area contributed by atoms with Crippen LogP contribution in [-0.2, 0) is 4.79 Å². The van der Waals surface area contributed by atoms with Crippen LogP contribution in [0.3, 0.4) is 0 Å². The van der Waals surface area contributed by atoms with Crippen molar-refractivity contribution in [1.29, 1.82) is 0 Å². The summed E-state index contributed by atoms with van der Waals surface area (Å²) in [6, 6.07) is 0. The van der Waals surface area contributed by atoms with E-state index < -0.39 is 0 Å². The number of carbonyl (C=O) groups excluding carboxylic acids is 1. The number of Topliss-reactive ketones (excluding diaryl/α,β-unsaturated/α-hetero) is 1. The predicted octanol–water partition coefficient (Wildman–Crippen LogP) is 1.73. The van der Waals surface area contributed by atoms with Crippen LogP contribution in [0.5, 0.6) is 0 Å². The number of hydrogen-bond donors (Lipinski definition) is 0. The summed E-state index contributed by atoms with van der Waals surface area (Å²) in [6.07, 6.45) is 2.73. The first-order chi connectivity index (χ1) is 6.52. The molecule has 0 unspecified atom stereocenters. The molecule has 0 radical (unpaired) electrons. The third kappa shape index (κ3) is 3.62. The van der Waals surface area contributed by atoms with Crippen LogP contribution in [0.4, 0.5) is 0 Å². The molecule has 74 valence electrons. The predicted molar refractivity (Wildman–Crippen MR) is 59.0 cm³/mol. The zero-order valence-electron chi connectivity index (χ0n) is 8.23.